The van der Waals surface area contributed by atoms with Crippen molar-refractivity contribution in [2.45, 2.75) is 19.8 Å². The van der Waals surface area contributed by atoms with Gasteiger partial charge in [-0.25, -0.2) is 12.7 Å². The first-order chi connectivity index (χ1) is 13.4. The van der Waals surface area contributed by atoms with E-state index in [9.17, 15) is 18.0 Å². The number of rotatable bonds is 6. The number of benzene rings is 1. The molecule has 2 aromatic rings. The van der Waals surface area contributed by atoms with Crippen molar-refractivity contribution in [3.8, 4) is 0 Å². The largest absolute Gasteiger partial charge is 0.326 e. The summed E-state index contributed by atoms with van der Waals surface area (Å²) >= 11 is 1.37. The third-order valence-corrected chi connectivity index (χ3v) is 7.49. The molecule has 0 spiro atoms. The van der Waals surface area contributed by atoms with Crippen LogP contribution in [-0.4, -0.2) is 43.4 Å². The second kappa shape index (κ2) is 8.85. The predicted molar refractivity (Wildman–Crippen MR) is 111 cm³/mol. The van der Waals surface area contributed by atoms with E-state index in [1.807, 2.05) is 11.4 Å². The fourth-order valence-corrected chi connectivity index (χ4v) is 4.81. The number of amides is 2. The molecule has 0 aliphatic carbocycles. The molecule has 0 unspecified atom stereocenters. The van der Waals surface area contributed by atoms with E-state index in [0.717, 1.165) is 0 Å². The van der Waals surface area contributed by atoms with Gasteiger partial charge in [-0.1, -0.05) is 6.07 Å². The van der Waals surface area contributed by atoms with Crippen molar-refractivity contribution in [1.29, 1.82) is 0 Å². The smallest absolute Gasteiger partial charge is 0.265 e. The van der Waals surface area contributed by atoms with E-state index >= 15 is 0 Å². The van der Waals surface area contributed by atoms with Gasteiger partial charge in [-0.05, 0) is 55.5 Å². The Hall–Kier alpha value is -2.23. The summed E-state index contributed by atoms with van der Waals surface area (Å²) < 4.78 is 25.3. The zero-order valence-electron chi connectivity index (χ0n) is 15.6. The van der Waals surface area contributed by atoms with E-state index in [2.05, 4.69) is 10.6 Å². The maximum atomic E-state index is 12.5. The van der Waals surface area contributed by atoms with Crippen molar-refractivity contribution >= 4 is 44.5 Å². The lowest BCUT2D eigenvalue weighted by Gasteiger charge is -2.30. The van der Waals surface area contributed by atoms with Gasteiger partial charge in [0.15, 0.2) is 0 Å². The van der Waals surface area contributed by atoms with Crippen LogP contribution in [0, 0.1) is 5.92 Å². The van der Waals surface area contributed by atoms with Crippen LogP contribution in [0.5, 0.6) is 0 Å². The van der Waals surface area contributed by atoms with Crippen LogP contribution in [0.15, 0.2) is 41.8 Å². The van der Waals surface area contributed by atoms with Gasteiger partial charge in [0.25, 0.3) is 5.91 Å². The van der Waals surface area contributed by atoms with Crippen molar-refractivity contribution in [1.82, 2.24) is 4.31 Å². The van der Waals surface area contributed by atoms with Crippen LogP contribution in [0.2, 0.25) is 0 Å². The van der Waals surface area contributed by atoms with Gasteiger partial charge in [0.05, 0.1) is 10.6 Å². The molecule has 0 atom stereocenters. The Labute approximate surface area is 168 Å². The molecule has 2 N–H and O–H groups in total. The molecule has 1 aliphatic heterocycles. The number of piperidine rings is 1. The SMILES string of the molecule is CCS(=O)(=O)N1CCC(C(=O)Nc2ccc(NC(=O)c3cccs3)cc2)CC1. The summed E-state index contributed by atoms with van der Waals surface area (Å²) in [5.41, 5.74) is 1.29. The standard InChI is InChI=1S/C19H23N3O4S2/c1-2-28(25,26)22-11-9-14(10-12-22)18(23)20-15-5-7-16(8-6-15)21-19(24)17-4-3-13-27-17/h3-8,13-14H,2,9-12H2,1H3,(H,20,23)(H,21,24). The second-order valence-corrected chi connectivity index (χ2v) is 9.78. The molecule has 1 aromatic carbocycles. The summed E-state index contributed by atoms with van der Waals surface area (Å²) in [6, 6.07) is 10.5. The van der Waals surface area contributed by atoms with E-state index in [0.29, 0.717) is 42.2 Å². The fourth-order valence-electron chi connectivity index (χ4n) is 3.06. The average Bonchev–Trinajstić information content (AvgIpc) is 3.24. The third kappa shape index (κ3) is 4.98. The number of hydrogen-bond donors (Lipinski definition) is 2. The number of carbonyl (C=O) groups is 2. The Balaban J connectivity index is 1.52. The maximum absolute atomic E-state index is 12.5. The van der Waals surface area contributed by atoms with Crippen molar-refractivity contribution in [3.63, 3.8) is 0 Å². The summed E-state index contributed by atoms with van der Waals surface area (Å²) in [7, 11) is -3.19. The minimum absolute atomic E-state index is 0.0826. The predicted octanol–water partition coefficient (Wildman–Crippen LogP) is 3.00. The lowest BCUT2D eigenvalue weighted by atomic mass is 9.97. The Morgan fingerprint density at radius 1 is 1.07 bits per heavy atom. The minimum Gasteiger partial charge on any atom is -0.326 e. The molecule has 28 heavy (non-hydrogen) atoms. The molecule has 2 heterocycles. The summed E-state index contributed by atoms with van der Waals surface area (Å²) in [6.07, 6.45) is 1.03. The molecule has 7 nitrogen and oxygen atoms in total. The third-order valence-electron chi connectivity index (χ3n) is 4.74. The van der Waals surface area contributed by atoms with Gasteiger partial charge in [-0.2, -0.15) is 0 Å². The Morgan fingerprint density at radius 2 is 1.68 bits per heavy atom. The summed E-state index contributed by atoms with van der Waals surface area (Å²) in [4.78, 5) is 25.1. The molecular weight excluding hydrogens is 398 g/mol. The molecular formula is C19H23N3O4S2. The molecule has 2 amide bonds. The maximum Gasteiger partial charge on any atom is 0.265 e. The van der Waals surface area contributed by atoms with Crippen LogP contribution in [0.4, 0.5) is 11.4 Å². The molecule has 150 valence electrons. The van der Waals surface area contributed by atoms with Crippen LogP contribution in [0.25, 0.3) is 0 Å². The van der Waals surface area contributed by atoms with Gasteiger partial charge in [-0.15, -0.1) is 11.3 Å². The number of nitrogens with one attached hydrogen (secondary N) is 2. The van der Waals surface area contributed by atoms with Crippen LogP contribution in [0.1, 0.15) is 29.4 Å². The first-order valence-electron chi connectivity index (χ1n) is 9.12. The number of thiophene rings is 1. The number of anilines is 2. The van der Waals surface area contributed by atoms with E-state index in [-0.39, 0.29) is 23.5 Å². The first-order valence-corrected chi connectivity index (χ1v) is 11.6. The first kappa shape index (κ1) is 20.5. The van der Waals surface area contributed by atoms with Gasteiger partial charge in [-0.3, -0.25) is 9.59 Å². The van der Waals surface area contributed by atoms with Crippen LogP contribution in [-0.2, 0) is 14.8 Å². The number of nitrogens with zero attached hydrogens (tertiary/aromatic N) is 1. The highest BCUT2D eigenvalue weighted by atomic mass is 32.2. The molecule has 0 bridgehead atoms. The molecule has 1 aromatic heterocycles. The van der Waals surface area contributed by atoms with Crippen molar-refractivity contribution in [2.75, 3.05) is 29.5 Å². The van der Waals surface area contributed by atoms with E-state index in [1.165, 1.54) is 15.6 Å². The lowest BCUT2D eigenvalue weighted by Crippen LogP contribution is -2.42. The second-order valence-electron chi connectivity index (χ2n) is 6.57. The van der Waals surface area contributed by atoms with Gasteiger partial charge in [0, 0.05) is 30.4 Å². The number of sulfonamides is 1. The molecule has 1 fully saturated rings. The Bertz CT molecular complexity index is 917. The van der Waals surface area contributed by atoms with Crippen LogP contribution in [0.3, 0.4) is 0 Å². The molecule has 0 radical (unpaired) electrons. The minimum atomic E-state index is -3.19. The molecule has 9 heteroatoms. The Morgan fingerprint density at radius 3 is 2.21 bits per heavy atom. The fraction of sp³-hybridized carbons (Fsp3) is 0.368. The number of hydrogen-bond acceptors (Lipinski definition) is 5. The zero-order chi connectivity index (χ0) is 20.1. The highest BCUT2D eigenvalue weighted by Crippen LogP contribution is 2.22. The van der Waals surface area contributed by atoms with Crippen molar-refractivity contribution in [2.24, 2.45) is 5.92 Å². The highest BCUT2D eigenvalue weighted by Gasteiger charge is 2.30. The normalized spacial score (nSPS) is 15.9. The van der Waals surface area contributed by atoms with Gasteiger partial charge < -0.3 is 10.6 Å². The van der Waals surface area contributed by atoms with Gasteiger partial charge >= 0.3 is 0 Å². The van der Waals surface area contributed by atoms with Crippen LogP contribution >= 0.6 is 11.3 Å². The molecule has 3 rings (SSSR count). The van der Waals surface area contributed by atoms with Crippen molar-refractivity contribution in [3.05, 3.63) is 46.7 Å². The molecule has 1 aliphatic rings. The Kier molecular flexibility index (Phi) is 6.48. The van der Waals surface area contributed by atoms with E-state index in [1.54, 1.807) is 37.3 Å². The highest BCUT2D eigenvalue weighted by molar-refractivity contribution is 7.89. The number of carbonyl (C=O) groups excluding carboxylic acids is 2. The monoisotopic (exact) mass is 421 g/mol. The summed E-state index contributed by atoms with van der Waals surface area (Å²) in [5, 5.41) is 7.52. The molecule has 0 saturated carbocycles. The summed E-state index contributed by atoms with van der Waals surface area (Å²) in [6.45, 7) is 2.38. The quantitative estimate of drug-likeness (QED) is 0.749. The van der Waals surface area contributed by atoms with Crippen molar-refractivity contribution < 1.29 is 18.0 Å². The zero-order valence-corrected chi connectivity index (χ0v) is 17.2. The van der Waals surface area contributed by atoms with Gasteiger partial charge in [0.2, 0.25) is 15.9 Å². The average molecular weight is 422 g/mol. The van der Waals surface area contributed by atoms with E-state index in [4.69, 9.17) is 0 Å². The van der Waals surface area contributed by atoms with Gasteiger partial charge in [0.1, 0.15) is 0 Å². The van der Waals surface area contributed by atoms with E-state index < -0.39 is 10.0 Å². The summed E-state index contributed by atoms with van der Waals surface area (Å²) in [5.74, 6) is -0.398. The topological polar surface area (TPSA) is 95.6 Å². The van der Waals surface area contributed by atoms with Crippen LogP contribution < -0.4 is 10.6 Å². The lowest BCUT2D eigenvalue weighted by molar-refractivity contribution is -0.120. The molecule has 1 saturated heterocycles.